The number of aromatic nitrogens is 4. The van der Waals surface area contributed by atoms with Crippen molar-refractivity contribution in [3.8, 4) is 0 Å². The van der Waals surface area contributed by atoms with Gasteiger partial charge in [0.2, 0.25) is 0 Å². The van der Waals surface area contributed by atoms with Crippen LogP contribution in [-0.2, 0) is 0 Å². The van der Waals surface area contributed by atoms with Crippen LogP contribution in [-0.4, -0.2) is 19.9 Å². The van der Waals surface area contributed by atoms with E-state index in [0.717, 1.165) is 44.8 Å². The molecule has 0 saturated heterocycles. The molecule has 2 N–H and O–H groups in total. The van der Waals surface area contributed by atoms with E-state index in [0.29, 0.717) is 0 Å². The van der Waals surface area contributed by atoms with E-state index in [1.807, 2.05) is 42.5 Å². The van der Waals surface area contributed by atoms with Gasteiger partial charge in [-0.2, -0.15) is 9.90 Å². The minimum Gasteiger partial charge on any atom is -0.355 e. The number of nitrogens with one attached hydrogen (secondary N) is 2. The number of fused-ring (bicyclic) bond motifs is 8. The van der Waals surface area contributed by atoms with E-state index < -0.39 is 0 Å². The van der Waals surface area contributed by atoms with Gasteiger partial charge in [0.05, 0.1) is 22.8 Å². The first-order valence-electron chi connectivity index (χ1n) is 7.85. The third kappa shape index (κ3) is 4.12. The van der Waals surface area contributed by atoms with Gasteiger partial charge in [-0.05, 0) is 72.8 Å². The summed E-state index contributed by atoms with van der Waals surface area (Å²) in [7, 11) is 0. The summed E-state index contributed by atoms with van der Waals surface area (Å²) in [6.45, 7) is 0. The van der Waals surface area contributed by atoms with E-state index in [-0.39, 0.29) is 59.3 Å². The first-order chi connectivity index (χ1) is 11.8. The number of aromatic amines is 2. The number of hydrogen-bond acceptors (Lipinski definition) is 2. The van der Waals surface area contributed by atoms with E-state index >= 15 is 0 Å². The monoisotopic (exact) mass is 497 g/mol. The molecule has 2 aliphatic rings. The molecule has 0 amide bonds. The first kappa shape index (κ1) is 19.4. The quantitative estimate of drug-likeness (QED) is 0.305. The summed E-state index contributed by atoms with van der Waals surface area (Å²) in [5.41, 5.74) is 7.86. The van der Waals surface area contributed by atoms with E-state index in [4.69, 9.17) is 0 Å². The molecule has 0 fully saturated rings. The Morgan fingerprint density at radius 1 is 0.500 bits per heavy atom. The summed E-state index contributed by atoms with van der Waals surface area (Å²) in [5, 5.41) is 0. The maximum Gasteiger partial charge on any atom is 0.0659 e. The van der Waals surface area contributed by atoms with Crippen LogP contribution in [0.3, 0.4) is 0 Å². The summed E-state index contributed by atoms with van der Waals surface area (Å²) < 4.78 is 0. The second kappa shape index (κ2) is 8.10. The Morgan fingerprint density at radius 2 is 0.846 bits per heavy atom. The SMILES string of the molecule is C1=Cc2cc3ccc(cc4ccc(cc5nc(cc1n2)C=C5)[nH]4)[nH]3.P.[Eu]. The zero-order valence-corrected chi connectivity index (χ0v) is 17.7. The minimum absolute atomic E-state index is 0. The second-order valence-corrected chi connectivity index (χ2v) is 5.91. The average molecular weight is 496 g/mol. The Bertz CT molecular complexity index is 1080. The van der Waals surface area contributed by atoms with Crippen molar-refractivity contribution in [3.63, 3.8) is 0 Å². The van der Waals surface area contributed by atoms with Crippen LogP contribution in [0.15, 0.2) is 48.5 Å². The molecule has 8 bridgehead atoms. The number of hydrogen-bond donors (Lipinski definition) is 2. The van der Waals surface area contributed by atoms with Crippen molar-refractivity contribution in [1.29, 1.82) is 0 Å². The summed E-state index contributed by atoms with van der Waals surface area (Å²) in [4.78, 5) is 16.0. The number of nitrogens with zero attached hydrogens (tertiary/aromatic N) is 2. The smallest absolute Gasteiger partial charge is 0.0659 e. The predicted octanol–water partition coefficient (Wildman–Crippen LogP) is 4.71. The van der Waals surface area contributed by atoms with E-state index in [2.05, 4.69) is 50.3 Å². The maximum atomic E-state index is 4.62. The molecule has 4 nitrogen and oxygen atoms in total. The van der Waals surface area contributed by atoms with Crippen LogP contribution in [0.5, 0.6) is 0 Å². The van der Waals surface area contributed by atoms with Gasteiger partial charge in [0.25, 0.3) is 0 Å². The maximum absolute atomic E-state index is 4.62. The van der Waals surface area contributed by atoms with Crippen LogP contribution in [0, 0.1) is 49.4 Å². The summed E-state index contributed by atoms with van der Waals surface area (Å²) in [6, 6.07) is 16.4. The Labute approximate surface area is 195 Å². The summed E-state index contributed by atoms with van der Waals surface area (Å²) in [5.74, 6) is 0. The minimum atomic E-state index is 0. The molecule has 2 aliphatic heterocycles. The molecule has 3 aromatic rings. The van der Waals surface area contributed by atoms with Crippen LogP contribution in [0.25, 0.3) is 46.4 Å². The Morgan fingerprint density at radius 3 is 1.27 bits per heavy atom. The molecule has 1 atom stereocenters. The Hall–Kier alpha value is -1.39. The van der Waals surface area contributed by atoms with Crippen molar-refractivity contribution in [3.05, 3.63) is 71.3 Å². The molecule has 0 aliphatic carbocycles. The van der Waals surface area contributed by atoms with Crippen LogP contribution >= 0.6 is 9.90 Å². The zero-order chi connectivity index (χ0) is 15.9. The fourth-order valence-corrected chi connectivity index (χ4v) is 2.94. The van der Waals surface area contributed by atoms with Gasteiger partial charge in [-0.3, -0.25) is 0 Å². The van der Waals surface area contributed by atoms with Gasteiger partial charge in [-0.1, -0.05) is 0 Å². The van der Waals surface area contributed by atoms with Crippen LogP contribution in [0.1, 0.15) is 22.8 Å². The fourth-order valence-electron chi connectivity index (χ4n) is 2.94. The van der Waals surface area contributed by atoms with Crippen molar-refractivity contribution in [2.24, 2.45) is 0 Å². The predicted molar refractivity (Wildman–Crippen MR) is 110 cm³/mol. The second-order valence-electron chi connectivity index (χ2n) is 5.91. The van der Waals surface area contributed by atoms with Gasteiger partial charge < -0.3 is 9.97 Å². The van der Waals surface area contributed by atoms with Crippen molar-refractivity contribution >= 4 is 56.3 Å². The standard InChI is InChI=1S/C20H14N4.Eu.H3P/c1-2-14-10-16-5-6-18(23-16)12-20-8-7-19(24-20)11-17-4-3-15(22-17)9-13(1)21-14;;/h1-12,21-22H;;1H3. The van der Waals surface area contributed by atoms with E-state index in [1.165, 1.54) is 0 Å². The van der Waals surface area contributed by atoms with Crippen LogP contribution in [0.4, 0.5) is 0 Å². The van der Waals surface area contributed by atoms with Gasteiger partial charge in [-0.25, -0.2) is 9.97 Å². The zero-order valence-electron chi connectivity index (χ0n) is 13.9. The molecule has 5 heterocycles. The van der Waals surface area contributed by atoms with Crippen LogP contribution in [0.2, 0.25) is 0 Å². The van der Waals surface area contributed by atoms with Gasteiger partial charge >= 0.3 is 0 Å². The van der Waals surface area contributed by atoms with Crippen molar-refractivity contribution < 1.29 is 49.4 Å². The normalized spacial score (nSPS) is 11.7. The molecule has 1 radical (unpaired) electrons. The van der Waals surface area contributed by atoms with E-state index in [1.54, 1.807) is 0 Å². The van der Waals surface area contributed by atoms with Gasteiger partial charge in [-0.15, -0.1) is 0 Å². The molecule has 0 aromatic carbocycles. The molecule has 0 spiro atoms. The van der Waals surface area contributed by atoms with E-state index in [9.17, 15) is 0 Å². The molecule has 26 heavy (non-hydrogen) atoms. The first-order valence-corrected chi connectivity index (χ1v) is 7.85. The number of rotatable bonds is 0. The third-order valence-corrected chi connectivity index (χ3v) is 4.04. The topological polar surface area (TPSA) is 57.4 Å². The molecule has 1 unspecified atom stereocenters. The molecular weight excluding hydrogens is 479 g/mol. The van der Waals surface area contributed by atoms with Crippen molar-refractivity contribution in [2.45, 2.75) is 0 Å². The molecule has 3 aromatic heterocycles. The van der Waals surface area contributed by atoms with Crippen molar-refractivity contribution in [1.82, 2.24) is 19.9 Å². The van der Waals surface area contributed by atoms with Crippen molar-refractivity contribution in [2.75, 3.05) is 0 Å². The third-order valence-electron chi connectivity index (χ3n) is 4.04. The molecule has 5 rings (SSSR count). The molecule has 6 heteroatoms. The number of H-pyrrole nitrogens is 2. The molecule has 0 saturated carbocycles. The van der Waals surface area contributed by atoms with Gasteiger partial charge in [0.15, 0.2) is 0 Å². The molecular formula is C20H17EuN4P. The Balaban J connectivity index is 0.000000980. The average Bonchev–Trinajstić information content (AvgIpc) is 3.32. The van der Waals surface area contributed by atoms with Gasteiger partial charge in [0, 0.05) is 71.4 Å². The van der Waals surface area contributed by atoms with Gasteiger partial charge in [0.1, 0.15) is 0 Å². The summed E-state index contributed by atoms with van der Waals surface area (Å²) >= 11 is 0. The Kier molecular flexibility index (Phi) is 6.04. The fraction of sp³-hybridized carbons (Fsp3) is 0. The van der Waals surface area contributed by atoms with Crippen LogP contribution < -0.4 is 0 Å². The summed E-state index contributed by atoms with van der Waals surface area (Å²) in [6.07, 6.45) is 8.05. The largest absolute Gasteiger partial charge is 0.355 e. The molecule has 129 valence electrons.